The van der Waals surface area contributed by atoms with Crippen LogP contribution in [0.3, 0.4) is 0 Å². The molecule has 2 unspecified atom stereocenters. The maximum absolute atomic E-state index is 13.3. The number of aliphatic hydroxyl groups excluding tert-OH is 3. The SMILES string of the molecule is C[C@H]1c2cccc(O)c2C(O)=C2C(=O)[C@]3(O)C(=O)C(C(N)=O)C(O)C[C@@H]3[C@@H](O)[C@@H]21. The van der Waals surface area contributed by atoms with E-state index in [2.05, 4.69) is 0 Å². The number of fused-ring (bicyclic) bond motifs is 3. The van der Waals surface area contributed by atoms with Crippen LogP contribution in [0.4, 0.5) is 0 Å². The number of ketones is 2. The van der Waals surface area contributed by atoms with E-state index in [1.165, 1.54) is 6.07 Å². The molecule has 0 heterocycles. The van der Waals surface area contributed by atoms with Gasteiger partial charge in [0.2, 0.25) is 11.7 Å². The minimum atomic E-state index is -2.82. The third-order valence-corrected chi connectivity index (χ3v) is 6.68. The number of rotatable bonds is 1. The first-order valence-corrected chi connectivity index (χ1v) is 9.25. The summed E-state index contributed by atoms with van der Waals surface area (Å²) in [4.78, 5) is 37.8. The van der Waals surface area contributed by atoms with E-state index in [0.29, 0.717) is 5.56 Å². The van der Waals surface area contributed by atoms with Crippen LogP contribution in [0.25, 0.3) is 5.76 Å². The smallest absolute Gasteiger partial charge is 0.230 e. The molecular weight excluding hydrogens is 382 g/mol. The number of amides is 1. The number of carbonyl (C=O) groups excluding carboxylic acids is 3. The van der Waals surface area contributed by atoms with Gasteiger partial charge >= 0.3 is 0 Å². The fraction of sp³-hybridized carbons (Fsp3) is 0.450. The first-order chi connectivity index (χ1) is 13.5. The van der Waals surface area contributed by atoms with E-state index in [9.17, 15) is 39.9 Å². The predicted molar refractivity (Wildman–Crippen MR) is 97.3 cm³/mol. The van der Waals surface area contributed by atoms with Crippen molar-refractivity contribution in [2.75, 3.05) is 0 Å². The molecule has 2 fully saturated rings. The molecule has 1 aromatic rings. The average molecular weight is 403 g/mol. The summed E-state index contributed by atoms with van der Waals surface area (Å²) < 4.78 is 0. The molecule has 0 saturated heterocycles. The Hall–Kier alpha value is -2.75. The van der Waals surface area contributed by atoms with E-state index in [1.54, 1.807) is 19.1 Å². The van der Waals surface area contributed by atoms with Crippen LogP contribution in [0.2, 0.25) is 0 Å². The highest BCUT2D eigenvalue weighted by atomic mass is 16.3. The van der Waals surface area contributed by atoms with Gasteiger partial charge in [0.15, 0.2) is 11.4 Å². The van der Waals surface area contributed by atoms with Crippen molar-refractivity contribution in [1.82, 2.24) is 0 Å². The minimum absolute atomic E-state index is 0.0106. The number of primary amides is 1. The van der Waals surface area contributed by atoms with E-state index in [4.69, 9.17) is 5.73 Å². The van der Waals surface area contributed by atoms with Gasteiger partial charge in [0.05, 0.1) is 17.8 Å². The van der Waals surface area contributed by atoms with Crippen LogP contribution in [-0.2, 0) is 14.4 Å². The van der Waals surface area contributed by atoms with Crippen LogP contribution in [-0.4, -0.2) is 60.8 Å². The molecule has 2 saturated carbocycles. The van der Waals surface area contributed by atoms with Crippen LogP contribution in [0, 0.1) is 17.8 Å². The number of phenolic OH excluding ortho intramolecular Hbond substituents is 1. The zero-order chi connectivity index (χ0) is 21.4. The number of aromatic hydroxyl groups is 1. The quantitative estimate of drug-likeness (QED) is 0.327. The maximum atomic E-state index is 13.3. The molecule has 0 bridgehead atoms. The minimum Gasteiger partial charge on any atom is -0.507 e. The Bertz CT molecular complexity index is 985. The molecule has 1 aromatic carbocycles. The van der Waals surface area contributed by atoms with Crippen molar-refractivity contribution in [3.8, 4) is 5.75 Å². The molecular formula is C20H21NO8. The second-order valence-corrected chi connectivity index (χ2v) is 8.06. The summed E-state index contributed by atoms with van der Waals surface area (Å²) in [7, 11) is 0. The van der Waals surface area contributed by atoms with Gasteiger partial charge in [-0.2, -0.15) is 0 Å². The summed E-state index contributed by atoms with van der Waals surface area (Å²) in [5, 5.41) is 53.3. The zero-order valence-corrected chi connectivity index (χ0v) is 15.4. The number of nitrogens with two attached hydrogens (primary N) is 1. The van der Waals surface area contributed by atoms with E-state index in [1.807, 2.05) is 0 Å². The normalized spacial score (nSPS) is 38.9. The van der Waals surface area contributed by atoms with E-state index >= 15 is 0 Å². The lowest BCUT2D eigenvalue weighted by molar-refractivity contribution is -0.186. The summed E-state index contributed by atoms with van der Waals surface area (Å²) in [6, 6.07) is 4.51. The topological polar surface area (TPSA) is 178 Å². The van der Waals surface area contributed by atoms with Crippen LogP contribution >= 0.6 is 0 Å². The zero-order valence-electron chi connectivity index (χ0n) is 15.4. The third kappa shape index (κ3) is 2.29. The van der Waals surface area contributed by atoms with Gasteiger partial charge in [0.1, 0.15) is 17.4 Å². The maximum Gasteiger partial charge on any atom is 0.230 e. The third-order valence-electron chi connectivity index (χ3n) is 6.68. The molecule has 0 radical (unpaired) electrons. The fourth-order valence-electron chi connectivity index (χ4n) is 5.26. The summed E-state index contributed by atoms with van der Waals surface area (Å²) in [5.41, 5.74) is 2.45. The lowest BCUT2D eigenvalue weighted by Gasteiger charge is -2.52. The predicted octanol–water partition coefficient (Wildman–Crippen LogP) is -0.879. The highest BCUT2D eigenvalue weighted by molar-refractivity contribution is 6.25. The molecule has 7 atom stereocenters. The molecule has 7 N–H and O–H groups in total. The number of phenols is 1. The molecule has 0 aliphatic heterocycles. The first-order valence-electron chi connectivity index (χ1n) is 9.25. The summed E-state index contributed by atoms with van der Waals surface area (Å²) in [6.07, 6.45) is -3.43. The van der Waals surface area contributed by atoms with Gasteiger partial charge < -0.3 is 31.3 Å². The standard InChI is InChI=1S/C20H21NO8/c1-6-7-3-2-4-9(22)12(7)16(25)14-11(6)15(24)8-5-10(23)13(19(21)28)17(26)20(8,29)18(14)27/h2-4,6,8,10-11,13,15,22-25,29H,5H2,1H3,(H2,21,28)/t6-,8+,10?,11+,13?,15+,20+/m0/s1. The van der Waals surface area contributed by atoms with E-state index in [-0.39, 0.29) is 16.9 Å². The average Bonchev–Trinajstić information content (AvgIpc) is 2.65. The highest BCUT2D eigenvalue weighted by Crippen LogP contribution is 2.54. The largest absolute Gasteiger partial charge is 0.507 e. The van der Waals surface area contributed by atoms with Crippen LogP contribution in [0.15, 0.2) is 23.8 Å². The molecule has 9 nitrogen and oxygen atoms in total. The van der Waals surface area contributed by atoms with Crippen molar-refractivity contribution < 1.29 is 39.9 Å². The monoisotopic (exact) mass is 403 g/mol. The number of Topliss-reactive ketones (excluding diaryl/α,β-unsaturated/α-hetero) is 2. The number of aliphatic hydroxyl groups is 4. The summed E-state index contributed by atoms with van der Waals surface area (Å²) in [6.45, 7) is 1.68. The van der Waals surface area contributed by atoms with Gasteiger partial charge in [-0.3, -0.25) is 14.4 Å². The Morgan fingerprint density at radius 3 is 2.48 bits per heavy atom. The molecule has 154 valence electrons. The van der Waals surface area contributed by atoms with Gasteiger partial charge in [0.25, 0.3) is 0 Å². The van der Waals surface area contributed by atoms with Gasteiger partial charge in [-0.05, 0) is 24.0 Å². The Kier molecular flexibility index (Phi) is 4.13. The second kappa shape index (κ2) is 6.12. The van der Waals surface area contributed by atoms with Crippen LogP contribution in [0.1, 0.15) is 30.4 Å². The molecule has 3 aliphatic carbocycles. The lowest BCUT2D eigenvalue weighted by atomic mass is 9.53. The molecule has 4 rings (SSSR count). The lowest BCUT2D eigenvalue weighted by Crippen LogP contribution is -2.70. The number of hydrogen-bond donors (Lipinski definition) is 6. The molecule has 1 amide bonds. The molecule has 3 aliphatic rings. The molecule has 0 aromatic heterocycles. The second-order valence-electron chi connectivity index (χ2n) is 8.06. The Morgan fingerprint density at radius 2 is 1.86 bits per heavy atom. The van der Waals surface area contributed by atoms with Crippen molar-refractivity contribution >= 4 is 23.2 Å². The van der Waals surface area contributed by atoms with Crippen molar-refractivity contribution in [1.29, 1.82) is 0 Å². The van der Waals surface area contributed by atoms with E-state index in [0.717, 1.165) is 0 Å². The van der Waals surface area contributed by atoms with Crippen molar-refractivity contribution in [3.63, 3.8) is 0 Å². The number of benzene rings is 1. The van der Waals surface area contributed by atoms with Crippen LogP contribution in [0.5, 0.6) is 5.75 Å². The summed E-state index contributed by atoms with van der Waals surface area (Å²) in [5.74, 6) is -9.30. The number of hydrogen-bond acceptors (Lipinski definition) is 8. The van der Waals surface area contributed by atoms with E-state index < -0.39 is 71.1 Å². The summed E-state index contributed by atoms with van der Waals surface area (Å²) >= 11 is 0. The first kappa shape index (κ1) is 19.6. The van der Waals surface area contributed by atoms with Crippen molar-refractivity contribution in [2.24, 2.45) is 23.5 Å². The highest BCUT2D eigenvalue weighted by Gasteiger charge is 2.67. The Labute approximate surface area is 165 Å². The van der Waals surface area contributed by atoms with Crippen molar-refractivity contribution in [3.05, 3.63) is 34.9 Å². The fourth-order valence-corrected chi connectivity index (χ4v) is 5.26. The van der Waals surface area contributed by atoms with Gasteiger partial charge in [-0.25, -0.2) is 0 Å². The van der Waals surface area contributed by atoms with Gasteiger partial charge in [-0.1, -0.05) is 19.1 Å². The molecule has 0 spiro atoms. The van der Waals surface area contributed by atoms with Gasteiger partial charge in [-0.15, -0.1) is 0 Å². The number of carbonyl (C=O) groups is 3. The molecule has 9 heteroatoms. The van der Waals surface area contributed by atoms with Crippen molar-refractivity contribution in [2.45, 2.75) is 37.1 Å². The van der Waals surface area contributed by atoms with Crippen LogP contribution < -0.4 is 5.73 Å². The van der Waals surface area contributed by atoms with Gasteiger partial charge in [0, 0.05) is 17.4 Å². The molecule has 29 heavy (non-hydrogen) atoms. The Balaban J connectivity index is 1.95. The Morgan fingerprint density at radius 1 is 1.21 bits per heavy atom.